The number of nitrogens with two attached hydrogens (primary N) is 1. The lowest BCUT2D eigenvalue weighted by Gasteiger charge is -2.09. The molecule has 19 heavy (non-hydrogen) atoms. The van der Waals surface area contributed by atoms with E-state index in [0.717, 1.165) is 6.20 Å². The highest BCUT2D eigenvalue weighted by atomic mass is 35.5. The molecule has 0 amide bonds. The summed E-state index contributed by atoms with van der Waals surface area (Å²) in [7, 11) is -2.34. The molecule has 7 nitrogen and oxygen atoms in total. The van der Waals surface area contributed by atoms with E-state index in [1.54, 1.807) is 6.07 Å². The van der Waals surface area contributed by atoms with Crippen LogP contribution in [0.3, 0.4) is 0 Å². The molecule has 9 heteroatoms. The van der Waals surface area contributed by atoms with Crippen LogP contribution in [0.4, 0.5) is 11.5 Å². The van der Waals surface area contributed by atoms with Gasteiger partial charge in [0.25, 0.3) is 10.0 Å². The molecule has 0 aliphatic heterocycles. The molecule has 4 N–H and O–H groups in total. The van der Waals surface area contributed by atoms with Crippen molar-refractivity contribution in [2.45, 2.75) is 4.90 Å². The molecule has 0 atom stereocenters. The third-order valence-corrected chi connectivity index (χ3v) is 4.03. The summed E-state index contributed by atoms with van der Waals surface area (Å²) < 4.78 is 31.4. The minimum Gasteiger partial charge on any atom is -0.495 e. The van der Waals surface area contributed by atoms with E-state index < -0.39 is 10.0 Å². The molecular weight excluding hydrogens is 292 g/mol. The summed E-state index contributed by atoms with van der Waals surface area (Å²) in [5, 5.41) is 6.21. The number of methoxy groups -OCH3 is 1. The number of aromatic nitrogens is 2. The largest absolute Gasteiger partial charge is 0.495 e. The number of sulfonamides is 1. The number of nitrogen functional groups attached to an aromatic ring is 1. The van der Waals surface area contributed by atoms with Crippen LogP contribution >= 0.6 is 11.6 Å². The second-order valence-electron chi connectivity index (χ2n) is 3.60. The number of rotatable bonds is 4. The lowest BCUT2D eigenvalue weighted by molar-refractivity contribution is 0.415. The van der Waals surface area contributed by atoms with Crippen molar-refractivity contribution in [3.63, 3.8) is 0 Å². The van der Waals surface area contributed by atoms with Crippen molar-refractivity contribution >= 4 is 33.1 Å². The zero-order chi connectivity index (χ0) is 14.0. The summed E-state index contributed by atoms with van der Waals surface area (Å²) in [6.45, 7) is 0. The number of benzene rings is 1. The molecule has 0 bridgehead atoms. The van der Waals surface area contributed by atoms with Gasteiger partial charge >= 0.3 is 0 Å². The van der Waals surface area contributed by atoms with Gasteiger partial charge in [-0.3, -0.25) is 9.82 Å². The first-order valence-electron chi connectivity index (χ1n) is 5.09. The first kappa shape index (κ1) is 13.5. The topological polar surface area (TPSA) is 110 Å². The molecule has 2 aromatic rings. The fourth-order valence-electron chi connectivity index (χ4n) is 1.44. The molecule has 1 aromatic carbocycles. The number of aromatic amines is 1. The minimum atomic E-state index is -3.81. The molecule has 0 saturated heterocycles. The smallest absolute Gasteiger partial charge is 0.267 e. The van der Waals surface area contributed by atoms with Crippen LogP contribution < -0.4 is 15.2 Å². The Morgan fingerprint density at radius 3 is 2.74 bits per heavy atom. The Morgan fingerprint density at radius 1 is 1.47 bits per heavy atom. The molecule has 0 fully saturated rings. The van der Waals surface area contributed by atoms with Crippen LogP contribution in [0.5, 0.6) is 5.75 Å². The van der Waals surface area contributed by atoms with Crippen molar-refractivity contribution in [1.82, 2.24) is 10.2 Å². The van der Waals surface area contributed by atoms with Crippen LogP contribution in [-0.2, 0) is 10.0 Å². The van der Waals surface area contributed by atoms with Gasteiger partial charge in [0.1, 0.15) is 16.5 Å². The van der Waals surface area contributed by atoms with Crippen molar-refractivity contribution in [1.29, 1.82) is 0 Å². The highest BCUT2D eigenvalue weighted by Gasteiger charge is 2.19. The first-order chi connectivity index (χ1) is 8.94. The summed E-state index contributed by atoms with van der Waals surface area (Å²) in [6.07, 6.45) is 1.13. The zero-order valence-electron chi connectivity index (χ0n) is 9.84. The average Bonchev–Trinajstić information content (AvgIpc) is 2.76. The summed E-state index contributed by atoms with van der Waals surface area (Å²) in [5.74, 6) is 0.416. The molecule has 0 radical (unpaired) electrons. The number of nitrogens with zero attached hydrogens (tertiary/aromatic N) is 1. The standard InChI is InChI=1S/C10H11ClN4O3S/c1-18-8-3-2-6(4-7(8)11)15-19(16,17)9-5-13-14-10(9)12/h2-5,15H,1H3,(H3,12,13,14). The van der Waals surface area contributed by atoms with Crippen LogP contribution in [0.2, 0.25) is 5.02 Å². The molecule has 0 aliphatic rings. The van der Waals surface area contributed by atoms with Gasteiger partial charge in [-0.25, -0.2) is 8.42 Å². The summed E-state index contributed by atoms with van der Waals surface area (Å²) in [6, 6.07) is 4.52. The maximum atomic E-state index is 12.0. The van der Waals surface area contributed by atoms with Crippen LogP contribution in [0, 0.1) is 0 Å². The van der Waals surface area contributed by atoms with E-state index >= 15 is 0 Å². The van der Waals surface area contributed by atoms with E-state index in [9.17, 15) is 8.42 Å². The van der Waals surface area contributed by atoms with Gasteiger partial charge in [-0.15, -0.1) is 0 Å². The third kappa shape index (κ3) is 2.74. The molecule has 0 unspecified atom stereocenters. The first-order valence-corrected chi connectivity index (χ1v) is 6.95. The molecule has 0 saturated carbocycles. The highest BCUT2D eigenvalue weighted by Crippen LogP contribution is 2.28. The minimum absolute atomic E-state index is 0.0351. The normalized spacial score (nSPS) is 11.3. The highest BCUT2D eigenvalue weighted by molar-refractivity contribution is 7.92. The summed E-state index contributed by atoms with van der Waals surface area (Å²) in [5.41, 5.74) is 5.77. The Balaban J connectivity index is 2.31. The summed E-state index contributed by atoms with van der Waals surface area (Å²) in [4.78, 5) is -0.126. The van der Waals surface area contributed by atoms with Gasteiger partial charge in [0, 0.05) is 0 Å². The average molecular weight is 303 g/mol. The van der Waals surface area contributed by atoms with E-state index in [-0.39, 0.29) is 10.7 Å². The van der Waals surface area contributed by atoms with Gasteiger partial charge in [0.05, 0.1) is 24.0 Å². The van der Waals surface area contributed by atoms with E-state index in [0.29, 0.717) is 16.5 Å². The van der Waals surface area contributed by atoms with Crippen LogP contribution in [0.25, 0.3) is 0 Å². The van der Waals surface area contributed by atoms with Crippen LogP contribution in [-0.4, -0.2) is 25.7 Å². The number of halogens is 1. The van der Waals surface area contributed by atoms with Gasteiger partial charge in [0.2, 0.25) is 0 Å². The Labute approximate surface area is 114 Å². The van der Waals surface area contributed by atoms with Crippen LogP contribution in [0.15, 0.2) is 29.3 Å². The number of H-pyrrole nitrogens is 1. The molecule has 1 aromatic heterocycles. The van der Waals surface area contributed by atoms with Gasteiger partial charge < -0.3 is 10.5 Å². The van der Waals surface area contributed by atoms with Crippen molar-refractivity contribution in [2.24, 2.45) is 0 Å². The molecule has 102 valence electrons. The fraction of sp³-hybridized carbons (Fsp3) is 0.100. The Kier molecular flexibility index (Phi) is 3.54. The van der Waals surface area contributed by atoms with Gasteiger partial charge in [-0.05, 0) is 18.2 Å². The maximum Gasteiger partial charge on any atom is 0.267 e. The molecular formula is C10H11ClN4O3S. The number of anilines is 2. The Hall–Kier alpha value is -1.93. The maximum absolute atomic E-state index is 12.0. The van der Waals surface area contributed by atoms with Gasteiger partial charge in [0.15, 0.2) is 0 Å². The van der Waals surface area contributed by atoms with E-state index in [1.165, 1.54) is 19.2 Å². The fourth-order valence-corrected chi connectivity index (χ4v) is 2.77. The number of nitrogens with one attached hydrogen (secondary N) is 2. The number of hydrogen-bond donors (Lipinski definition) is 3. The predicted octanol–water partition coefficient (Wildman–Crippen LogP) is 1.45. The van der Waals surface area contributed by atoms with Crippen molar-refractivity contribution < 1.29 is 13.2 Å². The van der Waals surface area contributed by atoms with Crippen LogP contribution in [0.1, 0.15) is 0 Å². The predicted molar refractivity (Wildman–Crippen MR) is 71.8 cm³/mol. The number of hydrogen-bond acceptors (Lipinski definition) is 5. The molecule has 1 heterocycles. The van der Waals surface area contributed by atoms with Crippen molar-refractivity contribution in [3.05, 3.63) is 29.4 Å². The second-order valence-corrected chi connectivity index (χ2v) is 5.66. The monoisotopic (exact) mass is 302 g/mol. The quantitative estimate of drug-likeness (QED) is 0.792. The second kappa shape index (κ2) is 4.98. The molecule has 2 rings (SSSR count). The van der Waals surface area contributed by atoms with Crippen molar-refractivity contribution in [3.8, 4) is 5.75 Å². The SMILES string of the molecule is COc1ccc(NS(=O)(=O)c2cn[nH]c2N)cc1Cl. The van der Waals surface area contributed by atoms with Crippen molar-refractivity contribution in [2.75, 3.05) is 17.6 Å². The lowest BCUT2D eigenvalue weighted by Crippen LogP contribution is -2.13. The summed E-state index contributed by atoms with van der Waals surface area (Å²) >= 11 is 5.91. The van der Waals surface area contributed by atoms with E-state index in [1.807, 2.05) is 0 Å². The molecule has 0 spiro atoms. The van der Waals surface area contributed by atoms with E-state index in [2.05, 4.69) is 14.9 Å². The lowest BCUT2D eigenvalue weighted by atomic mass is 10.3. The Morgan fingerprint density at radius 2 is 2.21 bits per heavy atom. The zero-order valence-corrected chi connectivity index (χ0v) is 11.4. The molecule has 0 aliphatic carbocycles. The third-order valence-electron chi connectivity index (χ3n) is 2.33. The van der Waals surface area contributed by atoms with Gasteiger partial charge in [-0.1, -0.05) is 11.6 Å². The van der Waals surface area contributed by atoms with Gasteiger partial charge in [-0.2, -0.15) is 5.10 Å². The van der Waals surface area contributed by atoms with E-state index in [4.69, 9.17) is 22.1 Å². The Bertz CT molecular complexity index is 699. The number of ether oxygens (including phenoxy) is 1.